The number of hydrogen-bond donors (Lipinski definition) is 0. The third kappa shape index (κ3) is 7.98. The molecule has 89 heavy (non-hydrogen) atoms. The van der Waals surface area contributed by atoms with Crippen molar-refractivity contribution in [3.63, 3.8) is 0 Å². The number of aryl methyl sites for hydroxylation is 2. The minimum Gasteiger partial charge on any atom is -0.297 e. The zero-order valence-corrected chi connectivity index (χ0v) is 49.1. The Morgan fingerprint density at radius 3 is 1.26 bits per heavy atom. The number of para-hydroxylation sites is 4. The molecule has 0 radical (unpaired) electrons. The van der Waals surface area contributed by atoms with Gasteiger partial charge in [-0.2, -0.15) is 0 Å². The van der Waals surface area contributed by atoms with E-state index in [9.17, 15) is 0 Å². The first-order chi connectivity index (χ1) is 44.0. The molecule has 3 heterocycles. The molecule has 15 aromatic carbocycles. The molecule has 0 aliphatic heterocycles. The molecule has 0 saturated heterocycles. The third-order valence-corrected chi connectivity index (χ3v) is 18.8. The average Bonchev–Trinajstić information content (AvgIpc) is 1.83. The predicted octanol–water partition coefficient (Wildman–Crippen LogP) is 22.1. The molecule has 416 valence electrons. The lowest BCUT2D eigenvalue weighted by molar-refractivity contribution is 0.908. The minimum absolute atomic E-state index is 0.822. The van der Waals surface area contributed by atoms with Gasteiger partial charge in [0, 0.05) is 29.6 Å². The predicted molar refractivity (Wildman–Crippen MR) is 374 cm³/mol. The van der Waals surface area contributed by atoms with Gasteiger partial charge >= 0.3 is 0 Å². The van der Waals surface area contributed by atoms with Crippen molar-refractivity contribution in [1.82, 2.24) is 24.1 Å². The van der Waals surface area contributed by atoms with Crippen LogP contribution < -0.4 is 0 Å². The van der Waals surface area contributed by atoms with Crippen LogP contribution in [0.5, 0.6) is 0 Å². The molecule has 0 amide bonds. The molecule has 0 N–H and O–H groups in total. The first-order valence-electron chi connectivity index (χ1n) is 30.8. The highest BCUT2D eigenvalue weighted by atomic mass is 15.1. The normalized spacial score (nSPS) is 12.0. The van der Waals surface area contributed by atoms with Crippen LogP contribution in [0.3, 0.4) is 0 Å². The van der Waals surface area contributed by atoms with E-state index in [1.165, 1.54) is 103 Å². The molecule has 5 heteroatoms. The van der Waals surface area contributed by atoms with E-state index in [1.807, 2.05) is 18.3 Å². The number of rotatable bonds is 9. The summed E-state index contributed by atoms with van der Waals surface area (Å²) in [5, 5.41) is 17.3. The van der Waals surface area contributed by atoms with Gasteiger partial charge in [-0.05, 0) is 223 Å². The SMILES string of the molecule is CCc1nc2ccccc2n1-c1ccc(-c2c3ccccc3c(-c3ccc(-c4ccccn4)cc3)c3ccc(-c4ccc5c(-c6cc7ccc8cccc9ccc(c6)c7c89)c6ccccc6c(-c6ccc(-n7c(C)nc8ccccc87)cc6)c5c4)cc23)cc1. The van der Waals surface area contributed by atoms with Crippen molar-refractivity contribution in [2.24, 2.45) is 0 Å². The summed E-state index contributed by atoms with van der Waals surface area (Å²) >= 11 is 0. The molecule has 5 nitrogen and oxygen atoms in total. The van der Waals surface area contributed by atoms with Crippen molar-refractivity contribution in [1.29, 1.82) is 0 Å². The molecule has 0 atom stereocenters. The molecule has 0 aliphatic rings. The van der Waals surface area contributed by atoms with Crippen LogP contribution in [0, 0.1) is 6.92 Å². The molecule has 3 aromatic heterocycles. The summed E-state index contributed by atoms with van der Waals surface area (Å²) in [5.41, 5.74) is 20.2. The molecule has 0 bridgehead atoms. The number of hydrogen-bond acceptors (Lipinski definition) is 3. The standard InChI is InChI=1S/C84H55N5/c1-3-78-87-75-23-9-11-25-77(75)89(78)64-42-36-57(37-43-64)82-66-18-5-4-17-65(66)81(55-28-26-52(27-29-55)73-21-12-13-46-85-73)69-44-38-58(49-71(69)82)59-39-45-70-72(50-59)83(56-34-40-63(41-35-56)88-51(2)86-74-22-8-10-24-76(74)88)67-19-6-7-20-68(67)84(70)62-47-60-32-30-53-15-14-16-54-31-33-61(48-62)80(60)79(53)54/h4-50H,3H2,1-2H3. The van der Waals surface area contributed by atoms with Crippen LogP contribution in [0.25, 0.3) is 176 Å². The molecule has 0 fully saturated rings. The highest BCUT2D eigenvalue weighted by Gasteiger charge is 2.23. The minimum atomic E-state index is 0.822. The lowest BCUT2D eigenvalue weighted by atomic mass is 9.83. The van der Waals surface area contributed by atoms with E-state index in [1.54, 1.807) is 0 Å². The zero-order valence-electron chi connectivity index (χ0n) is 49.1. The summed E-state index contributed by atoms with van der Waals surface area (Å²) in [6, 6.07) is 103. The monoisotopic (exact) mass is 1130 g/mol. The van der Waals surface area contributed by atoms with Crippen LogP contribution >= 0.6 is 0 Å². The zero-order chi connectivity index (χ0) is 58.8. The first-order valence-corrected chi connectivity index (χ1v) is 30.8. The summed E-state index contributed by atoms with van der Waals surface area (Å²) < 4.78 is 4.58. The Morgan fingerprint density at radius 2 is 0.719 bits per heavy atom. The summed E-state index contributed by atoms with van der Waals surface area (Å²) in [5.74, 6) is 2.00. The fourth-order valence-electron chi connectivity index (χ4n) is 14.8. The quantitative estimate of drug-likeness (QED) is 0.107. The summed E-state index contributed by atoms with van der Waals surface area (Å²) in [7, 11) is 0. The van der Waals surface area contributed by atoms with Gasteiger partial charge in [0.25, 0.3) is 0 Å². The van der Waals surface area contributed by atoms with Crippen molar-refractivity contribution in [3.8, 4) is 78.3 Å². The Bertz CT molecular complexity index is 5810. The highest BCUT2D eigenvalue weighted by molar-refractivity contribution is 6.27. The second kappa shape index (κ2) is 20.0. The van der Waals surface area contributed by atoms with Crippen molar-refractivity contribution < 1.29 is 0 Å². The molecular weight excluding hydrogens is 1080 g/mol. The van der Waals surface area contributed by atoms with Crippen LogP contribution in [-0.2, 0) is 6.42 Å². The Morgan fingerprint density at radius 1 is 0.303 bits per heavy atom. The van der Waals surface area contributed by atoms with E-state index in [0.717, 1.165) is 90.6 Å². The van der Waals surface area contributed by atoms with Crippen molar-refractivity contribution in [3.05, 3.63) is 297 Å². The van der Waals surface area contributed by atoms with Gasteiger partial charge < -0.3 is 0 Å². The van der Waals surface area contributed by atoms with Crippen molar-refractivity contribution in [2.45, 2.75) is 20.3 Å². The lowest BCUT2D eigenvalue weighted by Gasteiger charge is -2.21. The Balaban J connectivity index is 0.875. The van der Waals surface area contributed by atoms with Crippen molar-refractivity contribution >= 4 is 97.5 Å². The van der Waals surface area contributed by atoms with Crippen LogP contribution in [0.1, 0.15) is 18.6 Å². The maximum Gasteiger partial charge on any atom is 0.114 e. The smallest absolute Gasteiger partial charge is 0.114 e. The van der Waals surface area contributed by atoms with E-state index < -0.39 is 0 Å². The van der Waals surface area contributed by atoms with Gasteiger partial charge in [0.2, 0.25) is 0 Å². The van der Waals surface area contributed by atoms with Crippen LogP contribution in [0.2, 0.25) is 0 Å². The Hall–Kier alpha value is -11.5. The van der Waals surface area contributed by atoms with Crippen molar-refractivity contribution in [2.75, 3.05) is 0 Å². The second-order valence-electron chi connectivity index (χ2n) is 23.7. The summed E-state index contributed by atoms with van der Waals surface area (Å²) in [6.45, 7) is 4.28. The summed E-state index contributed by atoms with van der Waals surface area (Å²) in [4.78, 5) is 14.7. The number of pyridine rings is 1. The fourth-order valence-corrected chi connectivity index (χ4v) is 14.8. The van der Waals surface area contributed by atoms with E-state index >= 15 is 0 Å². The van der Waals surface area contributed by atoms with Gasteiger partial charge in [-0.15, -0.1) is 0 Å². The first kappa shape index (κ1) is 50.8. The van der Waals surface area contributed by atoms with Gasteiger partial charge in [-0.25, -0.2) is 9.97 Å². The largest absolute Gasteiger partial charge is 0.297 e. The molecule has 0 aliphatic carbocycles. The number of aromatic nitrogens is 5. The van der Waals surface area contributed by atoms with Gasteiger partial charge in [0.1, 0.15) is 11.6 Å². The maximum absolute atomic E-state index is 5.05. The molecule has 18 rings (SSSR count). The second-order valence-corrected chi connectivity index (χ2v) is 23.7. The van der Waals surface area contributed by atoms with E-state index in [2.05, 4.69) is 290 Å². The van der Waals surface area contributed by atoms with Crippen LogP contribution in [-0.4, -0.2) is 24.1 Å². The highest BCUT2D eigenvalue weighted by Crippen LogP contribution is 2.49. The number of imidazole rings is 2. The van der Waals surface area contributed by atoms with Gasteiger partial charge in [0.05, 0.1) is 27.8 Å². The number of benzene rings is 15. The molecule has 0 saturated carbocycles. The number of fused-ring (bicyclic) bond motifs is 6. The number of nitrogens with zero attached hydrogens (tertiary/aromatic N) is 5. The van der Waals surface area contributed by atoms with Gasteiger partial charge in [-0.1, -0.05) is 201 Å². The lowest BCUT2D eigenvalue weighted by Crippen LogP contribution is -2.00. The fraction of sp³-hybridized carbons (Fsp3) is 0.0357. The Labute approximate surface area is 514 Å². The maximum atomic E-state index is 5.05. The van der Waals surface area contributed by atoms with Crippen LogP contribution in [0.15, 0.2) is 285 Å². The van der Waals surface area contributed by atoms with E-state index in [0.29, 0.717) is 0 Å². The van der Waals surface area contributed by atoms with Gasteiger partial charge in [0.15, 0.2) is 0 Å². The molecular formula is C84H55N5. The molecule has 18 aromatic rings. The van der Waals surface area contributed by atoms with Crippen LogP contribution in [0.4, 0.5) is 0 Å². The summed E-state index contributed by atoms with van der Waals surface area (Å²) in [6.07, 6.45) is 2.68. The average molecular weight is 1130 g/mol. The van der Waals surface area contributed by atoms with E-state index in [-0.39, 0.29) is 0 Å². The molecule has 0 unspecified atom stereocenters. The Kier molecular flexibility index (Phi) is 11.4. The topological polar surface area (TPSA) is 48.5 Å². The van der Waals surface area contributed by atoms with E-state index in [4.69, 9.17) is 15.0 Å². The third-order valence-electron chi connectivity index (χ3n) is 18.8. The molecule has 0 spiro atoms. The van der Waals surface area contributed by atoms with Gasteiger partial charge in [-0.3, -0.25) is 14.1 Å².